The molecule has 204 valence electrons. The smallest absolute Gasteiger partial charge is 0.125 e. The zero-order valence-electron chi connectivity index (χ0n) is 22.9. The second-order valence-corrected chi connectivity index (χ2v) is 11.5. The van der Waals surface area contributed by atoms with E-state index in [0.29, 0.717) is 52.1 Å². The lowest BCUT2D eigenvalue weighted by Gasteiger charge is -2.23. The third-order valence-corrected chi connectivity index (χ3v) is 7.15. The number of aromatic nitrogens is 5. The monoisotopic (exact) mass is 545 g/mol. The van der Waals surface area contributed by atoms with E-state index in [-0.39, 0.29) is 11.5 Å². The fourth-order valence-corrected chi connectivity index (χ4v) is 4.97. The summed E-state index contributed by atoms with van der Waals surface area (Å²) in [5.41, 5.74) is 4.83. The molecule has 5 aromatic rings. The highest BCUT2D eigenvalue weighted by Gasteiger charge is 2.40. The van der Waals surface area contributed by atoms with Crippen molar-refractivity contribution in [2.45, 2.75) is 45.4 Å². The number of halogens is 1. The van der Waals surface area contributed by atoms with Gasteiger partial charge in [0.1, 0.15) is 24.0 Å². The maximum atomic E-state index is 13.8. The standard InChI is InChI=1S/C31H28FN9/c1-31(2,3)17-37-29-19(14-34)15-36-28-18(13-33)10-20(11-23(28)29)38-30(26-16-41(40-39-26)27-12-24(27)32)22-6-4-8-25-21(22)7-5-9-35-25/h4-11,15-16,24,27,30,38H,12,17H2,1-3H3,(H,36,37)/t24-,27+,30?/m0/s1. The average Bonchev–Trinajstić information content (AvgIpc) is 3.50. The summed E-state index contributed by atoms with van der Waals surface area (Å²) in [4.78, 5) is 8.97. The molecule has 3 heterocycles. The minimum Gasteiger partial charge on any atom is -0.383 e. The lowest BCUT2D eigenvalue weighted by molar-refractivity contribution is 0.425. The molecule has 10 heteroatoms. The summed E-state index contributed by atoms with van der Waals surface area (Å²) in [6, 6.07) is 17.1. The van der Waals surface area contributed by atoms with Crippen LogP contribution in [0.5, 0.6) is 0 Å². The van der Waals surface area contributed by atoms with Crippen LogP contribution in [0.4, 0.5) is 15.8 Å². The van der Waals surface area contributed by atoms with Crippen molar-refractivity contribution in [2.24, 2.45) is 5.41 Å². The molecular weight excluding hydrogens is 517 g/mol. The van der Waals surface area contributed by atoms with E-state index >= 15 is 0 Å². The normalized spacial score (nSPS) is 17.1. The zero-order valence-corrected chi connectivity index (χ0v) is 22.9. The predicted molar refractivity (Wildman–Crippen MR) is 155 cm³/mol. The van der Waals surface area contributed by atoms with Gasteiger partial charge in [-0.25, -0.2) is 9.07 Å². The van der Waals surface area contributed by atoms with Crippen LogP contribution in [0.15, 0.2) is 61.1 Å². The summed E-state index contributed by atoms with van der Waals surface area (Å²) >= 11 is 0. The average molecular weight is 546 g/mol. The number of pyridine rings is 2. The van der Waals surface area contributed by atoms with Crippen LogP contribution in [0, 0.1) is 28.1 Å². The molecule has 2 aromatic carbocycles. The Balaban J connectivity index is 1.50. The van der Waals surface area contributed by atoms with E-state index < -0.39 is 12.2 Å². The molecule has 6 rings (SSSR count). The van der Waals surface area contributed by atoms with Crippen LogP contribution in [0.2, 0.25) is 0 Å². The lowest BCUT2D eigenvalue weighted by atomic mass is 9.96. The van der Waals surface area contributed by atoms with Crippen LogP contribution in [0.3, 0.4) is 0 Å². The number of hydrogen-bond acceptors (Lipinski definition) is 8. The molecule has 9 nitrogen and oxygen atoms in total. The molecule has 3 atom stereocenters. The molecule has 0 radical (unpaired) electrons. The molecule has 1 saturated carbocycles. The van der Waals surface area contributed by atoms with Gasteiger partial charge in [0.15, 0.2) is 0 Å². The van der Waals surface area contributed by atoms with Crippen molar-refractivity contribution < 1.29 is 4.39 Å². The van der Waals surface area contributed by atoms with Gasteiger partial charge in [0.2, 0.25) is 0 Å². The second kappa shape index (κ2) is 10.1. The number of alkyl halides is 1. The Kier molecular flexibility index (Phi) is 6.47. The van der Waals surface area contributed by atoms with Crippen molar-refractivity contribution >= 4 is 33.2 Å². The molecule has 3 aromatic heterocycles. The molecule has 1 fully saturated rings. The van der Waals surface area contributed by atoms with E-state index in [2.05, 4.69) is 63.8 Å². The minimum atomic E-state index is -0.919. The van der Waals surface area contributed by atoms with Crippen LogP contribution in [-0.2, 0) is 0 Å². The van der Waals surface area contributed by atoms with Crippen LogP contribution in [0.25, 0.3) is 21.8 Å². The molecular formula is C31H28FN9. The van der Waals surface area contributed by atoms with Crippen molar-refractivity contribution in [3.05, 3.63) is 83.4 Å². The molecule has 0 spiro atoms. The first-order valence-corrected chi connectivity index (χ1v) is 13.4. The van der Waals surface area contributed by atoms with Gasteiger partial charge in [-0.2, -0.15) is 10.5 Å². The van der Waals surface area contributed by atoms with Crippen LogP contribution in [0.1, 0.15) is 61.7 Å². The maximum absolute atomic E-state index is 13.8. The van der Waals surface area contributed by atoms with Gasteiger partial charge in [-0.05, 0) is 35.2 Å². The molecule has 0 aliphatic heterocycles. The highest BCUT2D eigenvalue weighted by Crippen LogP contribution is 2.40. The van der Waals surface area contributed by atoms with E-state index in [0.717, 1.165) is 16.5 Å². The van der Waals surface area contributed by atoms with Gasteiger partial charge >= 0.3 is 0 Å². The number of hydrogen-bond donors (Lipinski definition) is 2. The van der Waals surface area contributed by atoms with Gasteiger partial charge in [0, 0.05) is 41.8 Å². The first kappa shape index (κ1) is 26.1. The van der Waals surface area contributed by atoms with Gasteiger partial charge in [-0.1, -0.05) is 44.2 Å². The van der Waals surface area contributed by atoms with Gasteiger partial charge in [-0.15, -0.1) is 5.10 Å². The first-order chi connectivity index (χ1) is 19.8. The van der Waals surface area contributed by atoms with Gasteiger partial charge in [0.05, 0.1) is 46.1 Å². The summed E-state index contributed by atoms with van der Waals surface area (Å²) < 4.78 is 15.4. The highest BCUT2D eigenvalue weighted by atomic mass is 19.1. The van der Waals surface area contributed by atoms with Crippen molar-refractivity contribution in [3.63, 3.8) is 0 Å². The Hall–Kier alpha value is -5.09. The van der Waals surface area contributed by atoms with E-state index in [1.165, 1.54) is 6.20 Å². The number of benzene rings is 2. The van der Waals surface area contributed by atoms with Crippen LogP contribution in [-0.4, -0.2) is 37.7 Å². The third-order valence-electron chi connectivity index (χ3n) is 7.15. The molecule has 0 bridgehead atoms. The predicted octanol–water partition coefficient (Wildman–Crippen LogP) is 6.06. The Bertz CT molecular complexity index is 1850. The number of anilines is 2. The summed E-state index contributed by atoms with van der Waals surface area (Å²) in [5, 5.41) is 37.2. The Morgan fingerprint density at radius 1 is 1.07 bits per heavy atom. The topological polar surface area (TPSA) is 128 Å². The van der Waals surface area contributed by atoms with E-state index in [4.69, 9.17) is 0 Å². The highest BCUT2D eigenvalue weighted by molar-refractivity contribution is 5.99. The molecule has 1 aliphatic carbocycles. The van der Waals surface area contributed by atoms with Crippen LogP contribution < -0.4 is 10.6 Å². The van der Waals surface area contributed by atoms with Crippen molar-refractivity contribution in [1.29, 1.82) is 10.5 Å². The van der Waals surface area contributed by atoms with Gasteiger partial charge in [0.25, 0.3) is 0 Å². The van der Waals surface area contributed by atoms with Crippen molar-refractivity contribution in [3.8, 4) is 12.1 Å². The quantitative estimate of drug-likeness (QED) is 0.253. The fourth-order valence-electron chi connectivity index (χ4n) is 4.97. The Morgan fingerprint density at radius 3 is 2.61 bits per heavy atom. The van der Waals surface area contributed by atoms with E-state index in [1.807, 2.05) is 36.4 Å². The van der Waals surface area contributed by atoms with Gasteiger partial charge < -0.3 is 10.6 Å². The second-order valence-electron chi connectivity index (χ2n) is 11.5. The molecule has 41 heavy (non-hydrogen) atoms. The Labute approximate surface area is 236 Å². The number of fused-ring (bicyclic) bond motifs is 2. The molecule has 2 N–H and O–H groups in total. The molecule has 0 amide bonds. The Morgan fingerprint density at radius 2 is 1.88 bits per heavy atom. The molecule has 1 unspecified atom stereocenters. The number of nitrogens with zero attached hydrogens (tertiary/aromatic N) is 7. The third kappa shape index (κ3) is 5.12. The van der Waals surface area contributed by atoms with E-state index in [9.17, 15) is 14.9 Å². The van der Waals surface area contributed by atoms with Gasteiger partial charge in [-0.3, -0.25) is 9.97 Å². The SMILES string of the molecule is CC(C)(C)CNc1c(C#N)cnc2c(C#N)cc(NC(c3cn([C@@H]4C[C@@H]4F)nn3)c3cccc4ncccc34)cc12. The van der Waals surface area contributed by atoms with Crippen molar-refractivity contribution in [1.82, 2.24) is 25.0 Å². The molecule has 1 aliphatic rings. The number of rotatable bonds is 7. The lowest BCUT2D eigenvalue weighted by Crippen LogP contribution is -2.20. The summed E-state index contributed by atoms with van der Waals surface area (Å²) in [6.07, 6.45) is 4.52. The fraction of sp³-hybridized carbons (Fsp3) is 0.290. The zero-order chi connectivity index (χ0) is 28.7. The summed E-state index contributed by atoms with van der Waals surface area (Å²) in [6.45, 7) is 6.93. The summed E-state index contributed by atoms with van der Waals surface area (Å²) in [7, 11) is 0. The first-order valence-electron chi connectivity index (χ1n) is 13.4. The number of nitrogens with one attached hydrogen (secondary N) is 2. The number of nitriles is 2. The maximum Gasteiger partial charge on any atom is 0.125 e. The van der Waals surface area contributed by atoms with Crippen LogP contribution >= 0.6 is 0 Å². The molecule has 0 saturated heterocycles. The summed E-state index contributed by atoms with van der Waals surface area (Å²) in [5.74, 6) is 0. The van der Waals surface area contributed by atoms with E-state index in [1.54, 1.807) is 23.1 Å². The largest absolute Gasteiger partial charge is 0.383 e. The van der Waals surface area contributed by atoms with Crippen molar-refractivity contribution in [2.75, 3.05) is 17.2 Å². The minimum absolute atomic E-state index is 0.0459.